The number of aromatic nitrogens is 2. The van der Waals surface area contributed by atoms with Gasteiger partial charge in [-0.1, -0.05) is 6.92 Å². The molecule has 2 N–H and O–H groups in total. The quantitative estimate of drug-likeness (QED) is 0.864. The van der Waals surface area contributed by atoms with Crippen molar-refractivity contribution in [3.8, 4) is 0 Å². The first-order valence-electron chi connectivity index (χ1n) is 6.70. The molecule has 2 atom stereocenters. The molecule has 2 heterocycles. The first-order chi connectivity index (χ1) is 8.27. The highest BCUT2D eigenvalue weighted by Gasteiger charge is 2.31. The highest BCUT2D eigenvalue weighted by molar-refractivity contribution is 5.10. The summed E-state index contributed by atoms with van der Waals surface area (Å²) in [5, 5.41) is 4.43. The van der Waals surface area contributed by atoms with Crippen molar-refractivity contribution in [3.63, 3.8) is 0 Å². The van der Waals surface area contributed by atoms with Crippen molar-refractivity contribution >= 4 is 0 Å². The number of hydrogen-bond donors (Lipinski definition) is 1. The molecule has 0 radical (unpaired) electrons. The second-order valence-electron chi connectivity index (χ2n) is 5.04. The van der Waals surface area contributed by atoms with Gasteiger partial charge < -0.3 is 5.73 Å². The van der Waals surface area contributed by atoms with Gasteiger partial charge in [-0.2, -0.15) is 5.10 Å². The van der Waals surface area contributed by atoms with E-state index in [0.29, 0.717) is 12.0 Å². The summed E-state index contributed by atoms with van der Waals surface area (Å²) in [6.07, 6.45) is 5.54. The molecule has 2 unspecified atom stereocenters. The molecule has 1 aromatic rings. The van der Waals surface area contributed by atoms with Crippen LogP contribution in [0, 0.1) is 5.92 Å². The minimum Gasteiger partial charge on any atom is -0.330 e. The molecule has 1 aliphatic heterocycles. The molecule has 1 aliphatic rings. The molecule has 0 spiro atoms. The number of aryl methyl sites for hydroxylation is 1. The van der Waals surface area contributed by atoms with Crippen LogP contribution in [0.25, 0.3) is 0 Å². The van der Waals surface area contributed by atoms with E-state index >= 15 is 0 Å². The Balaban J connectivity index is 2.24. The minimum absolute atomic E-state index is 0.447. The molecular formula is C13H24N4. The maximum absolute atomic E-state index is 5.93. The smallest absolute Gasteiger partial charge is 0.0559 e. The topological polar surface area (TPSA) is 47.1 Å². The van der Waals surface area contributed by atoms with Gasteiger partial charge in [0.15, 0.2) is 0 Å². The molecule has 1 aromatic heterocycles. The van der Waals surface area contributed by atoms with Gasteiger partial charge in [-0.25, -0.2) is 0 Å². The zero-order valence-corrected chi connectivity index (χ0v) is 11.0. The van der Waals surface area contributed by atoms with Gasteiger partial charge in [-0.05, 0) is 51.4 Å². The van der Waals surface area contributed by atoms with Crippen molar-refractivity contribution in [1.82, 2.24) is 14.7 Å². The standard InChI is InChI=1S/C13H24N4/c1-3-8-17-12(6-7-15-17)13-11(10-14)5-4-9-16(13)2/h6-7,11,13H,3-5,8-10,14H2,1-2H3. The largest absolute Gasteiger partial charge is 0.330 e. The fourth-order valence-electron chi connectivity index (χ4n) is 2.97. The number of nitrogens with zero attached hydrogens (tertiary/aromatic N) is 3. The Labute approximate surface area is 104 Å². The van der Waals surface area contributed by atoms with Gasteiger partial charge in [-0.3, -0.25) is 9.58 Å². The fourth-order valence-corrected chi connectivity index (χ4v) is 2.97. The number of likely N-dealkylation sites (tertiary alicyclic amines) is 1. The van der Waals surface area contributed by atoms with Crippen LogP contribution >= 0.6 is 0 Å². The van der Waals surface area contributed by atoms with Crippen LogP contribution in [0.5, 0.6) is 0 Å². The molecule has 0 amide bonds. The molecule has 0 aliphatic carbocycles. The van der Waals surface area contributed by atoms with Crippen LogP contribution in [0.1, 0.15) is 37.9 Å². The summed E-state index contributed by atoms with van der Waals surface area (Å²) in [5.41, 5.74) is 7.27. The summed E-state index contributed by atoms with van der Waals surface area (Å²) in [5.74, 6) is 0.570. The lowest BCUT2D eigenvalue weighted by molar-refractivity contribution is 0.117. The number of hydrogen-bond acceptors (Lipinski definition) is 3. The zero-order chi connectivity index (χ0) is 12.3. The maximum Gasteiger partial charge on any atom is 0.0559 e. The SMILES string of the molecule is CCCn1nccc1C1C(CN)CCCN1C. The van der Waals surface area contributed by atoms with Gasteiger partial charge in [0, 0.05) is 12.7 Å². The lowest BCUT2D eigenvalue weighted by Crippen LogP contribution is -2.40. The van der Waals surface area contributed by atoms with Crippen LogP contribution in [-0.2, 0) is 6.54 Å². The van der Waals surface area contributed by atoms with Gasteiger partial charge in [0.2, 0.25) is 0 Å². The fraction of sp³-hybridized carbons (Fsp3) is 0.769. The highest BCUT2D eigenvalue weighted by Crippen LogP contribution is 2.34. The van der Waals surface area contributed by atoms with Crippen LogP contribution < -0.4 is 5.73 Å². The second kappa shape index (κ2) is 5.65. The molecule has 0 bridgehead atoms. The lowest BCUT2D eigenvalue weighted by Gasteiger charge is -2.38. The van der Waals surface area contributed by atoms with Gasteiger partial charge in [0.25, 0.3) is 0 Å². The Morgan fingerprint density at radius 2 is 2.35 bits per heavy atom. The van der Waals surface area contributed by atoms with Gasteiger partial charge in [0.05, 0.1) is 11.7 Å². The molecule has 4 heteroatoms. The molecular weight excluding hydrogens is 212 g/mol. The Bertz CT molecular complexity index is 347. The van der Waals surface area contributed by atoms with E-state index < -0.39 is 0 Å². The van der Waals surface area contributed by atoms with Crippen LogP contribution in [0.4, 0.5) is 0 Å². The van der Waals surface area contributed by atoms with Crippen molar-refractivity contribution in [2.24, 2.45) is 11.7 Å². The first kappa shape index (κ1) is 12.6. The van der Waals surface area contributed by atoms with Crippen LogP contribution in [0.15, 0.2) is 12.3 Å². The van der Waals surface area contributed by atoms with Gasteiger partial charge in [0.1, 0.15) is 0 Å². The number of piperidine rings is 1. The van der Waals surface area contributed by atoms with Crippen molar-refractivity contribution in [2.45, 2.75) is 38.8 Å². The summed E-state index contributed by atoms with van der Waals surface area (Å²) >= 11 is 0. The van der Waals surface area contributed by atoms with E-state index in [4.69, 9.17) is 5.73 Å². The summed E-state index contributed by atoms with van der Waals surface area (Å²) < 4.78 is 2.15. The van der Waals surface area contributed by atoms with Crippen molar-refractivity contribution in [1.29, 1.82) is 0 Å². The maximum atomic E-state index is 5.93. The van der Waals surface area contributed by atoms with Gasteiger partial charge >= 0.3 is 0 Å². The normalized spacial score (nSPS) is 26.3. The molecule has 17 heavy (non-hydrogen) atoms. The first-order valence-corrected chi connectivity index (χ1v) is 6.70. The predicted octanol–water partition coefficient (Wildman–Crippen LogP) is 1.63. The van der Waals surface area contributed by atoms with E-state index in [1.54, 1.807) is 0 Å². The third-order valence-corrected chi connectivity index (χ3v) is 3.80. The van der Waals surface area contributed by atoms with Crippen molar-refractivity contribution in [2.75, 3.05) is 20.1 Å². The summed E-state index contributed by atoms with van der Waals surface area (Å²) in [7, 11) is 2.20. The van der Waals surface area contributed by atoms with E-state index in [1.807, 2.05) is 6.20 Å². The third-order valence-electron chi connectivity index (χ3n) is 3.80. The van der Waals surface area contributed by atoms with E-state index in [2.05, 4.69) is 34.7 Å². The summed E-state index contributed by atoms with van der Waals surface area (Å²) in [6.45, 7) is 5.13. The molecule has 2 rings (SSSR count). The summed E-state index contributed by atoms with van der Waals surface area (Å²) in [6, 6.07) is 2.60. The average molecular weight is 236 g/mol. The molecule has 1 saturated heterocycles. The van der Waals surface area contributed by atoms with Crippen molar-refractivity contribution in [3.05, 3.63) is 18.0 Å². The molecule has 0 aromatic carbocycles. The third kappa shape index (κ3) is 2.53. The van der Waals surface area contributed by atoms with E-state index in [0.717, 1.165) is 19.5 Å². The summed E-state index contributed by atoms with van der Waals surface area (Å²) in [4.78, 5) is 2.43. The Morgan fingerprint density at radius 3 is 3.06 bits per heavy atom. The lowest BCUT2D eigenvalue weighted by atomic mass is 9.87. The Kier molecular flexibility index (Phi) is 4.18. The number of nitrogens with two attached hydrogens (primary N) is 1. The Morgan fingerprint density at radius 1 is 1.53 bits per heavy atom. The molecule has 0 saturated carbocycles. The monoisotopic (exact) mass is 236 g/mol. The predicted molar refractivity (Wildman–Crippen MR) is 69.7 cm³/mol. The minimum atomic E-state index is 0.447. The van der Waals surface area contributed by atoms with E-state index in [9.17, 15) is 0 Å². The average Bonchev–Trinajstić information content (AvgIpc) is 2.77. The zero-order valence-electron chi connectivity index (χ0n) is 11.0. The van der Waals surface area contributed by atoms with Gasteiger partial charge in [-0.15, -0.1) is 0 Å². The highest BCUT2D eigenvalue weighted by atomic mass is 15.3. The molecule has 96 valence electrons. The van der Waals surface area contributed by atoms with Crippen LogP contribution in [0.2, 0.25) is 0 Å². The van der Waals surface area contributed by atoms with E-state index in [-0.39, 0.29) is 0 Å². The van der Waals surface area contributed by atoms with E-state index in [1.165, 1.54) is 25.1 Å². The number of rotatable bonds is 4. The van der Waals surface area contributed by atoms with Crippen LogP contribution in [0.3, 0.4) is 0 Å². The van der Waals surface area contributed by atoms with Crippen molar-refractivity contribution < 1.29 is 0 Å². The Hall–Kier alpha value is -0.870. The van der Waals surface area contributed by atoms with Crippen LogP contribution in [-0.4, -0.2) is 34.8 Å². The molecule has 1 fully saturated rings. The second-order valence-corrected chi connectivity index (χ2v) is 5.04. The molecule has 4 nitrogen and oxygen atoms in total.